The third kappa shape index (κ3) is 4.48. The first-order valence-electron chi connectivity index (χ1n) is 8.34. The number of aromatic nitrogens is 1. The Hall–Kier alpha value is -2.60. The average Bonchev–Trinajstić information content (AvgIpc) is 3.12. The normalized spacial score (nSPS) is 14.2. The molecule has 0 radical (unpaired) electrons. The largest absolute Gasteiger partial charge is 0.490 e. The molecule has 6 nitrogen and oxygen atoms in total. The van der Waals surface area contributed by atoms with Crippen LogP contribution in [-0.2, 0) is 4.74 Å². The number of carbonyl (C=O) groups is 1. The number of rotatable bonds is 5. The Labute approximate surface area is 147 Å². The summed E-state index contributed by atoms with van der Waals surface area (Å²) in [5.41, 5.74) is 2.39. The van der Waals surface area contributed by atoms with Crippen molar-refractivity contribution in [2.24, 2.45) is 0 Å². The summed E-state index contributed by atoms with van der Waals surface area (Å²) in [6, 6.07) is 9.21. The third-order valence-corrected chi connectivity index (χ3v) is 3.91. The minimum atomic E-state index is -0.125. The highest BCUT2D eigenvalue weighted by atomic mass is 16.5. The Morgan fingerprint density at radius 2 is 1.96 bits per heavy atom. The van der Waals surface area contributed by atoms with E-state index < -0.39 is 0 Å². The number of benzene rings is 1. The van der Waals surface area contributed by atoms with Gasteiger partial charge in [-0.1, -0.05) is 10.7 Å². The molecule has 1 aromatic carbocycles. The summed E-state index contributed by atoms with van der Waals surface area (Å²) in [7, 11) is 0. The van der Waals surface area contributed by atoms with Crippen LogP contribution in [0.2, 0.25) is 0 Å². The Kier molecular flexibility index (Phi) is 5.50. The lowest BCUT2D eigenvalue weighted by Crippen LogP contribution is -2.40. The van der Waals surface area contributed by atoms with Crippen molar-refractivity contribution in [2.75, 3.05) is 32.9 Å². The van der Waals surface area contributed by atoms with Gasteiger partial charge in [-0.05, 0) is 44.2 Å². The van der Waals surface area contributed by atoms with Crippen LogP contribution in [0.5, 0.6) is 5.75 Å². The second kappa shape index (κ2) is 7.98. The molecule has 2 aromatic rings. The van der Waals surface area contributed by atoms with Crippen LogP contribution in [0, 0.1) is 0 Å². The second-order valence-corrected chi connectivity index (χ2v) is 6.10. The number of morpholine rings is 1. The van der Waals surface area contributed by atoms with Crippen molar-refractivity contribution >= 4 is 5.91 Å². The van der Waals surface area contributed by atoms with Gasteiger partial charge in [-0.3, -0.25) is 4.79 Å². The van der Waals surface area contributed by atoms with Crippen LogP contribution in [0.1, 0.15) is 24.3 Å². The van der Waals surface area contributed by atoms with Crippen molar-refractivity contribution in [3.05, 3.63) is 47.7 Å². The van der Waals surface area contributed by atoms with Crippen LogP contribution >= 0.6 is 0 Å². The molecule has 0 saturated carbocycles. The highest BCUT2D eigenvalue weighted by molar-refractivity contribution is 5.93. The molecule has 25 heavy (non-hydrogen) atoms. The lowest BCUT2D eigenvalue weighted by Gasteiger charge is -2.25. The number of carbonyl (C=O) groups excluding carboxylic acids is 1. The summed E-state index contributed by atoms with van der Waals surface area (Å²) in [5.74, 6) is 1.22. The standard InChI is InChI=1S/C19H22N2O4/c1-14(2)7-10-24-16-5-3-15(4-6-16)18-13-17(20-25-18)19(22)21-8-11-23-12-9-21/h3-7,13H,8-12H2,1-2H3. The molecule has 0 spiro atoms. The minimum Gasteiger partial charge on any atom is -0.490 e. The van der Waals surface area contributed by atoms with E-state index >= 15 is 0 Å². The second-order valence-electron chi connectivity index (χ2n) is 6.10. The number of hydrogen-bond donors (Lipinski definition) is 0. The lowest BCUT2D eigenvalue weighted by molar-refractivity contribution is 0.0296. The third-order valence-electron chi connectivity index (χ3n) is 3.91. The lowest BCUT2D eigenvalue weighted by atomic mass is 10.1. The number of hydrogen-bond acceptors (Lipinski definition) is 5. The van der Waals surface area contributed by atoms with Crippen LogP contribution in [0.3, 0.4) is 0 Å². The molecule has 1 amide bonds. The number of ether oxygens (including phenoxy) is 2. The summed E-state index contributed by atoms with van der Waals surface area (Å²) in [6.45, 7) is 6.90. The van der Waals surface area contributed by atoms with Crippen molar-refractivity contribution in [2.45, 2.75) is 13.8 Å². The molecule has 1 aliphatic heterocycles. The maximum absolute atomic E-state index is 12.4. The highest BCUT2D eigenvalue weighted by Gasteiger charge is 2.22. The van der Waals surface area contributed by atoms with Gasteiger partial charge < -0.3 is 18.9 Å². The SMILES string of the molecule is CC(C)=CCOc1ccc(-c2cc(C(=O)N3CCOCC3)no2)cc1. The Morgan fingerprint density at radius 1 is 1.24 bits per heavy atom. The summed E-state index contributed by atoms with van der Waals surface area (Å²) in [5, 5.41) is 3.91. The first-order valence-corrected chi connectivity index (χ1v) is 8.34. The fraction of sp³-hybridized carbons (Fsp3) is 0.368. The molecular formula is C19H22N2O4. The van der Waals surface area contributed by atoms with Gasteiger partial charge in [0.05, 0.1) is 13.2 Å². The summed E-state index contributed by atoms with van der Waals surface area (Å²) in [4.78, 5) is 14.1. The van der Waals surface area contributed by atoms with Gasteiger partial charge in [-0.2, -0.15) is 0 Å². The van der Waals surface area contributed by atoms with Crippen molar-refractivity contribution < 1.29 is 18.8 Å². The summed E-state index contributed by atoms with van der Waals surface area (Å²) < 4.78 is 16.2. The van der Waals surface area contributed by atoms with Gasteiger partial charge in [0.2, 0.25) is 0 Å². The van der Waals surface area contributed by atoms with Crippen molar-refractivity contribution in [1.82, 2.24) is 10.1 Å². The fourth-order valence-corrected chi connectivity index (χ4v) is 2.46. The monoisotopic (exact) mass is 342 g/mol. The van der Waals surface area contributed by atoms with Crippen molar-refractivity contribution in [1.29, 1.82) is 0 Å². The molecule has 1 saturated heterocycles. The van der Waals surface area contributed by atoms with Gasteiger partial charge in [0.1, 0.15) is 12.4 Å². The molecule has 0 unspecified atom stereocenters. The smallest absolute Gasteiger partial charge is 0.276 e. The molecule has 1 aliphatic rings. The molecule has 0 bridgehead atoms. The molecule has 1 aromatic heterocycles. The van der Waals surface area contributed by atoms with E-state index in [-0.39, 0.29) is 5.91 Å². The predicted octanol–water partition coefficient (Wildman–Crippen LogP) is 3.16. The Morgan fingerprint density at radius 3 is 2.64 bits per heavy atom. The molecule has 0 N–H and O–H groups in total. The van der Waals surface area contributed by atoms with E-state index in [1.54, 1.807) is 11.0 Å². The quantitative estimate of drug-likeness (QED) is 0.781. The Bertz CT molecular complexity index is 739. The minimum absolute atomic E-state index is 0.125. The fourth-order valence-electron chi connectivity index (χ4n) is 2.46. The number of nitrogens with zero attached hydrogens (tertiary/aromatic N) is 2. The van der Waals surface area contributed by atoms with E-state index in [0.717, 1.165) is 11.3 Å². The van der Waals surface area contributed by atoms with Gasteiger partial charge in [0.25, 0.3) is 5.91 Å². The molecule has 0 aliphatic carbocycles. The van der Waals surface area contributed by atoms with Crippen LogP contribution in [0.25, 0.3) is 11.3 Å². The van der Waals surface area contributed by atoms with Crippen LogP contribution in [0.4, 0.5) is 0 Å². The van der Waals surface area contributed by atoms with Crippen LogP contribution < -0.4 is 4.74 Å². The highest BCUT2D eigenvalue weighted by Crippen LogP contribution is 2.24. The number of allylic oxidation sites excluding steroid dienone is 1. The zero-order chi connectivity index (χ0) is 17.6. The van der Waals surface area contributed by atoms with E-state index in [1.165, 1.54) is 5.57 Å². The molecule has 0 atom stereocenters. The zero-order valence-corrected chi connectivity index (χ0v) is 14.5. The first-order chi connectivity index (χ1) is 12.1. The topological polar surface area (TPSA) is 64.8 Å². The van der Waals surface area contributed by atoms with E-state index in [9.17, 15) is 4.79 Å². The molecule has 2 heterocycles. The molecule has 132 valence electrons. The molecule has 6 heteroatoms. The maximum atomic E-state index is 12.4. The maximum Gasteiger partial charge on any atom is 0.276 e. The number of amides is 1. The van der Waals surface area contributed by atoms with E-state index in [0.29, 0.717) is 44.4 Å². The van der Waals surface area contributed by atoms with Crippen LogP contribution in [-0.4, -0.2) is 48.9 Å². The van der Waals surface area contributed by atoms with Gasteiger partial charge in [-0.15, -0.1) is 0 Å². The van der Waals surface area contributed by atoms with E-state index in [4.69, 9.17) is 14.0 Å². The molecule has 1 fully saturated rings. The van der Waals surface area contributed by atoms with E-state index in [2.05, 4.69) is 5.16 Å². The molecular weight excluding hydrogens is 320 g/mol. The van der Waals surface area contributed by atoms with Gasteiger partial charge in [0, 0.05) is 24.7 Å². The Balaban J connectivity index is 1.65. The van der Waals surface area contributed by atoms with Gasteiger partial charge >= 0.3 is 0 Å². The summed E-state index contributed by atoms with van der Waals surface area (Å²) >= 11 is 0. The zero-order valence-electron chi connectivity index (χ0n) is 14.5. The van der Waals surface area contributed by atoms with Crippen LogP contribution in [0.15, 0.2) is 46.5 Å². The first kappa shape index (κ1) is 17.2. The van der Waals surface area contributed by atoms with Crippen molar-refractivity contribution in [3.63, 3.8) is 0 Å². The van der Waals surface area contributed by atoms with Crippen molar-refractivity contribution in [3.8, 4) is 17.1 Å². The average molecular weight is 342 g/mol. The van der Waals surface area contributed by atoms with Gasteiger partial charge in [0.15, 0.2) is 11.5 Å². The van der Waals surface area contributed by atoms with E-state index in [1.807, 2.05) is 44.2 Å². The summed E-state index contributed by atoms with van der Waals surface area (Å²) in [6.07, 6.45) is 2.02. The van der Waals surface area contributed by atoms with Gasteiger partial charge in [-0.25, -0.2) is 0 Å². The predicted molar refractivity (Wildman–Crippen MR) is 93.6 cm³/mol. The molecule has 3 rings (SSSR count).